The largest absolute Gasteiger partial charge is 0.295 e. The SMILES string of the molecule is CN=C1NC(=O)CN1c1nc(C)cc(C)n1. The Balaban J connectivity index is 2.40. The Labute approximate surface area is 93.4 Å². The van der Waals surface area contributed by atoms with E-state index < -0.39 is 0 Å². The van der Waals surface area contributed by atoms with E-state index in [9.17, 15) is 4.79 Å². The van der Waals surface area contributed by atoms with Crippen molar-refractivity contribution in [2.24, 2.45) is 4.99 Å². The first-order chi connectivity index (χ1) is 7.60. The summed E-state index contributed by atoms with van der Waals surface area (Å²) in [7, 11) is 1.62. The number of carbonyl (C=O) groups excluding carboxylic acids is 1. The summed E-state index contributed by atoms with van der Waals surface area (Å²) in [6, 6.07) is 1.89. The molecule has 1 saturated heterocycles. The van der Waals surface area contributed by atoms with Crippen LogP contribution in [0, 0.1) is 13.8 Å². The molecule has 6 heteroatoms. The maximum absolute atomic E-state index is 11.3. The van der Waals surface area contributed by atoms with Gasteiger partial charge >= 0.3 is 0 Å². The van der Waals surface area contributed by atoms with Gasteiger partial charge in [-0.2, -0.15) is 0 Å². The molecule has 1 fully saturated rings. The van der Waals surface area contributed by atoms with Crippen LogP contribution in [0.25, 0.3) is 0 Å². The lowest BCUT2D eigenvalue weighted by molar-refractivity contribution is -0.117. The van der Waals surface area contributed by atoms with Gasteiger partial charge in [-0.15, -0.1) is 0 Å². The predicted molar refractivity (Wildman–Crippen MR) is 60.4 cm³/mol. The molecular formula is C10H13N5O. The molecule has 1 N–H and O–H groups in total. The van der Waals surface area contributed by atoms with Crippen LogP contribution in [0.3, 0.4) is 0 Å². The van der Waals surface area contributed by atoms with E-state index in [4.69, 9.17) is 0 Å². The minimum absolute atomic E-state index is 0.0941. The molecule has 2 heterocycles. The van der Waals surface area contributed by atoms with E-state index in [0.29, 0.717) is 11.9 Å². The molecule has 0 atom stereocenters. The van der Waals surface area contributed by atoms with Gasteiger partial charge < -0.3 is 0 Å². The predicted octanol–water partition coefficient (Wildman–Crippen LogP) is 0.0154. The van der Waals surface area contributed by atoms with Crippen LogP contribution >= 0.6 is 0 Å². The van der Waals surface area contributed by atoms with Crippen LogP contribution in [0.1, 0.15) is 11.4 Å². The quantitative estimate of drug-likeness (QED) is 0.722. The van der Waals surface area contributed by atoms with Gasteiger partial charge in [-0.1, -0.05) is 0 Å². The molecule has 1 aromatic heterocycles. The normalized spacial score (nSPS) is 18.1. The zero-order chi connectivity index (χ0) is 11.7. The number of guanidine groups is 1. The fraction of sp³-hybridized carbons (Fsp3) is 0.400. The maximum atomic E-state index is 11.3. The maximum Gasteiger partial charge on any atom is 0.246 e. The smallest absolute Gasteiger partial charge is 0.246 e. The van der Waals surface area contributed by atoms with Crippen molar-refractivity contribution in [3.8, 4) is 0 Å². The first-order valence-corrected chi connectivity index (χ1v) is 4.96. The van der Waals surface area contributed by atoms with Crippen LogP contribution in [-0.4, -0.2) is 35.4 Å². The van der Waals surface area contributed by atoms with Crippen molar-refractivity contribution in [2.45, 2.75) is 13.8 Å². The van der Waals surface area contributed by atoms with E-state index in [0.717, 1.165) is 11.4 Å². The highest BCUT2D eigenvalue weighted by atomic mass is 16.2. The van der Waals surface area contributed by atoms with Crippen molar-refractivity contribution in [3.05, 3.63) is 17.5 Å². The number of amides is 1. The summed E-state index contributed by atoms with van der Waals surface area (Å²) >= 11 is 0. The van der Waals surface area contributed by atoms with Crippen LogP contribution in [-0.2, 0) is 4.79 Å². The van der Waals surface area contributed by atoms with Crippen LogP contribution < -0.4 is 10.2 Å². The molecule has 1 amide bonds. The second kappa shape index (κ2) is 3.88. The van der Waals surface area contributed by atoms with Crippen molar-refractivity contribution in [2.75, 3.05) is 18.5 Å². The van der Waals surface area contributed by atoms with Crippen molar-refractivity contribution in [3.63, 3.8) is 0 Å². The molecule has 2 rings (SSSR count). The summed E-state index contributed by atoms with van der Waals surface area (Å²) < 4.78 is 0. The van der Waals surface area contributed by atoms with E-state index in [-0.39, 0.29) is 12.5 Å². The summed E-state index contributed by atoms with van der Waals surface area (Å²) in [6.45, 7) is 4.01. The number of aryl methyl sites for hydroxylation is 2. The Kier molecular flexibility index (Phi) is 2.55. The van der Waals surface area contributed by atoms with Gasteiger partial charge in [-0.3, -0.25) is 20.0 Å². The number of aromatic nitrogens is 2. The number of anilines is 1. The first-order valence-electron chi connectivity index (χ1n) is 4.96. The van der Waals surface area contributed by atoms with E-state index in [1.807, 2.05) is 19.9 Å². The standard InChI is InChI=1S/C10H13N5O/c1-6-4-7(2)13-10(12-6)15-5-8(16)14-9(15)11-3/h4H,5H2,1-3H3,(H,11,14,16). The van der Waals surface area contributed by atoms with Gasteiger partial charge in [0.1, 0.15) is 6.54 Å². The van der Waals surface area contributed by atoms with Gasteiger partial charge in [0.25, 0.3) is 0 Å². The Morgan fingerprint density at radius 1 is 1.38 bits per heavy atom. The summed E-state index contributed by atoms with van der Waals surface area (Å²) in [5.74, 6) is 0.912. The zero-order valence-electron chi connectivity index (χ0n) is 9.48. The lowest BCUT2D eigenvalue weighted by Gasteiger charge is -2.14. The molecule has 0 aliphatic carbocycles. The average molecular weight is 219 g/mol. The molecule has 0 bridgehead atoms. The topological polar surface area (TPSA) is 70.5 Å². The summed E-state index contributed by atoms with van der Waals surface area (Å²) in [5, 5.41) is 2.65. The van der Waals surface area contributed by atoms with Crippen molar-refractivity contribution in [1.82, 2.24) is 15.3 Å². The van der Waals surface area contributed by atoms with Gasteiger partial charge in [0.2, 0.25) is 17.8 Å². The summed E-state index contributed by atoms with van der Waals surface area (Å²) in [4.78, 5) is 25.5. The van der Waals surface area contributed by atoms with E-state index in [1.165, 1.54) is 0 Å². The minimum Gasteiger partial charge on any atom is -0.295 e. The van der Waals surface area contributed by atoms with Gasteiger partial charge in [-0.25, -0.2) is 9.97 Å². The van der Waals surface area contributed by atoms with Crippen LogP contribution in [0.15, 0.2) is 11.1 Å². The van der Waals surface area contributed by atoms with E-state index >= 15 is 0 Å². The highest BCUT2D eigenvalue weighted by Gasteiger charge is 2.27. The highest BCUT2D eigenvalue weighted by molar-refractivity contribution is 6.13. The monoisotopic (exact) mass is 219 g/mol. The van der Waals surface area contributed by atoms with Crippen molar-refractivity contribution in [1.29, 1.82) is 0 Å². The molecule has 1 aromatic rings. The third kappa shape index (κ3) is 1.86. The molecular weight excluding hydrogens is 206 g/mol. The van der Waals surface area contributed by atoms with Gasteiger partial charge in [0.05, 0.1) is 0 Å². The summed E-state index contributed by atoms with van der Waals surface area (Å²) in [6.07, 6.45) is 0. The van der Waals surface area contributed by atoms with Crippen molar-refractivity contribution < 1.29 is 4.79 Å². The molecule has 1 aliphatic rings. The van der Waals surface area contributed by atoms with Crippen LogP contribution in [0.4, 0.5) is 5.95 Å². The number of hydrogen-bond donors (Lipinski definition) is 1. The number of hydrogen-bond acceptors (Lipinski definition) is 4. The lowest BCUT2D eigenvalue weighted by atomic mass is 10.3. The molecule has 0 aromatic carbocycles. The van der Waals surface area contributed by atoms with Gasteiger partial charge in [-0.05, 0) is 19.9 Å². The molecule has 0 spiro atoms. The molecule has 0 unspecified atom stereocenters. The fourth-order valence-electron chi connectivity index (χ4n) is 1.62. The molecule has 0 saturated carbocycles. The molecule has 84 valence electrons. The zero-order valence-corrected chi connectivity index (χ0v) is 9.48. The highest BCUT2D eigenvalue weighted by Crippen LogP contribution is 2.12. The molecule has 1 aliphatic heterocycles. The number of aliphatic imine (C=N–C) groups is 1. The van der Waals surface area contributed by atoms with Crippen LogP contribution in [0.2, 0.25) is 0 Å². The number of nitrogens with one attached hydrogen (secondary N) is 1. The molecule has 16 heavy (non-hydrogen) atoms. The Morgan fingerprint density at radius 3 is 2.56 bits per heavy atom. The Hall–Kier alpha value is -1.98. The number of rotatable bonds is 1. The first kappa shape index (κ1) is 10.5. The van der Waals surface area contributed by atoms with Crippen LogP contribution in [0.5, 0.6) is 0 Å². The van der Waals surface area contributed by atoms with E-state index in [2.05, 4.69) is 20.3 Å². The third-order valence-electron chi connectivity index (χ3n) is 2.23. The Bertz CT molecular complexity index is 448. The number of carbonyl (C=O) groups is 1. The number of nitrogens with zero attached hydrogens (tertiary/aromatic N) is 4. The second-order valence-electron chi connectivity index (χ2n) is 3.63. The lowest BCUT2D eigenvalue weighted by Crippen LogP contribution is -2.31. The van der Waals surface area contributed by atoms with Gasteiger partial charge in [0, 0.05) is 18.4 Å². The Morgan fingerprint density at radius 2 is 2.00 bits per heavy atom. The molecule has 6 nitrogen and oxygen atoms in total. The second-order valence-corrected chi connectivity index (χ2v) is 3.63. The fourth-order valence-corrected chi connectivity index (χ4v) is 1.62. The third-order valence-corrected chi connectivity index (χ3v) is 2.23. The van der Waals surface area contributed by atoms with E-state index in [1.54, 1.807) is 11.9 Å². The van der Waals surface area contributed by atoms with Gasteiger partial charge in [0.15, 0.2) is 0 Å². The average Bonchev–Trinajstić information content (AvgIpc) is 2.58. The molecule has 0 radical (unpaired) electrons. The summed E-state index contributed by atoms with van der Waals surface area (Å²) in [5.41, 5.74) is 1.75. The minimum atomic E-state index is -0.0941. The van der Waals surface area contributed by atoms with Crippen molar-refractivity contribution >= 4 is 17.8 Å².